The zero-order valence-corrected chi connectivity index (χ0v) is 20.5. The quantitative estimate of drug-likeness (QED) is 0.155. The van der Waals surface area contributed by atoms with Gasteiger partial charge in [-0.25, -0.2) is 0 Å². The van der Waals surface area contributed by atoms with Gasteiger partial charge in [-0.3, -0.25) is 0 Å². The van der Waals surface area contributed by atoms with Crippen LogP contribution in [0.25, 0.3) is 0 Å². The van der Waals surface area contributed by atoms with Crippen molar-refractivity contribution in [1.82, 2.24) is 0 Å². The molecule has 2 aromatic rings. The van der Waals surface area contributed by atoms with Crippen molar-refractivity contribution in [3.63, 3.8) is 0 Å². The Bertz CT molecular complexity index is 836. The van der Waals surface area contributed by atoms with Gasteiger partial charge in [-0.15, -0.1) is 0 Å². The Morgan fingerprint density at radius 3 is 0.941 bits per heavy atom. The molecule has 0 fully saturated rings. The van der Waals surface area contributed by atoms with Gasteiger partial charge in [0.05, 0.1) is 26.7 Å². The fourth-order valence-corrected chi connectivity index (χ4v) is 5.58. The van der Waals surface area contributed by atoms with Crippen LogP contribution in [0.15, 0.2) is 84.0 Å². The standard InChI is InChI=1S/C20H24F2P2.2BF4/c1-23(2,17-11-7-5-8-12-17)19(21)15-16-20(22)24(3,4)18-13-9-6-10-14-18;2*2-1(3,4)5/h5-16H,1-4H3;;/q+2;2*-1/b19-15+,20-16+;;. The zero-order chi connectivity index (χ0) is 26.8. The van der Waals surface area contributed by atoms with Crippen LogP contribution >= 0.6 is 14.5 Å². The third-order valence-corrected chi connectivity index (χ3v) is 9.84. The average Bonchev–Trinajstić information content (AvgIpc) is 2.70. The summed E-state index contributed by atoms with van der Waals surface area (Å²) in [7, 11) is -16.1. The minimum Gasteiger partial charge on any atom is -0.418 e. The third-order valence-electron chi connectivity index (χ3n) is 4.23. The van der Waals surface area contributed by atoms with E-state index in [4.69, 9.17) is 0 Å². The van der Waals surface area contributed by atoms with Crippen LogP contribution in [0.3, 0.4) is 0 Å². The maximum absolute atomic E-state index is 14.7. The van der Waals surface area contributed by atoms with E-state index in [1.807, 2.05) is 87.3 Å². The maximum Gasteiger partial charge on any atom is 0.673 e. The molecular formula is C20H24B2F10P2. The first-order chi connectivity index (χ1) is 15.3. The third kappa shape index (κ3) is 13.8. The highest BCUT2D eigenvalue weighted by Crippen LogP contribution is 2.60. The van der Waals surface area contributed by atoms with E-state index in [0.717, 1.165) is 10.6 Å². The van der Waals surface area contributed by atoms with Crippen LogP contribution in [-0.2, 0) is 0 Å². The summed E-state index contributed by atoms with van der Waals surface area (Å²) in [6, 6.07) is 19.2. The maximum atomic E-state index is 14.7. The van der Waals surface area contributed by atoms with E-state index >= 15 is 0 Å². The van der Waals surface area contributed by atoms with Crippen LogP contribution in [0, 0.1) is 0 Å². The van der Waals surface area contributed by atoms with Crippen molar-refractivity contribution in [2.24, 2.45) is 0 Å². The lowest BCUT2D eigenvalue weighted by molar-refractivity contribution is 0.366. The van der Waals surface area contributed by atoms with E-state index in [2.05, 4.69) is 0 Å². The monoisotopic (exact) mass is 538 g/mol. The van der Waals surface area contributed by atoms with Crippen LogP contribution in [0.4, 0.5) is 43.3 Å². The molecule has 0 radical (unpaired) electrons. The molecule has 0 aliphatic carbocycles. The molecule has 0 aromatic heterocycles. The van der Waals surface area contributed by atoms with Crippen molar-refractivity contribution in [3.8, 4) is 0 Å². The molecule has 0 spiro atoms. The second-order valence-corrected chi connectivity index (χ2v) is 15.2. The van der Waals surface area contributed by atoms with Gasteiger partial charge < -0.3 is 34.5 Å². The van der Waals surface area contributed by atoms with Gasteiger partial charge in [0.2, 0.25) is 11.1 Å². The first kappa shape index (κ1) is 32.2. The number of benzene rings is 2. The molecule has 0 nitrogen and oxygen atoms in total. The largest absolute Gasteiger partial charge is 0.673 e. The van der Waals surface area contributed by atoms with Gasteiger partial charge in [0.1, 0.15) is 25.1 Å². The molecule has 0 bridgehead atoms. The molecule has 0 amide bonds. The van der Waals surface area contributed by atoms with Crippen LogP contribution in [0.5, 0.6) is 0 Å². The van der Waals surface area contributed by atoms with Crippen molar-refractivity contribution in [2.75, 3.05) is 26.7 Å². The highest BCUT2D eigenvalue weighted by atomic mass is 31.2. The van der Waals surface area contributed by atoms with Crippen molar-refractivity contribution >= 4 is 39.6 Å². The van der Waals surface area contributed by atoms with E-state index in [0.29, 0.717) is 0 Å². The molecule has 190 valence electrons. The lowest BCUT2D eigenvalue weighted by Crippen LogP contribution is -2.09. The molecule has 0 heterocycles. The lowest BCUT2D eigenvalue weighted by Gasteiger charge is -2.16. The van der Waals surface area contributed by atoms with Crippen molar-refractivity contribution < 1.29 is 43.3 Å². The van der Waals surface area contributed by atoms with Gasteiger partial charge in [-0.05, 0) is 24.3 Å². The number of hydrogen-bond acceptors (Lipinski definition) is 0. The fourth-order valence-electron chi connectivity index (χ4n) is 2.36. The second-order valence-electron chi connectivity index (χ2n) is 7.55. The summed E-state index contributed by atoms with van der Waals surface area (Å²) < 4.78 is 107. The van der Waals surface area contributed by atoms with Crippen LogP contribution in [0.2, 0.25) is 0 Å². The fraction of sp³-hybridized carbons (Fsp3) is 0.200. The Morgan fingerprint density at radius 2 is 0.735 bits per heavy atom. The van der Waals surface area contributed by atoms with Gasteiger partial charge in [-0.1, -0.05) is 36.4 Å². The molecule has 14 heteroatoms. The summed E-state index contributed by atoms with van der Waals surface area (Å²) in [5, 5.41) is 1.95. The van der Waals surface area contributed by atoms with Crippen LogP contribution in [0.1, 0.15) is 0 Å². The topological polar surface area (TPSA) is 0 Å². The molecular weight excluding hydrogens is 514 g/mol. The number of hydrogen-bond donors (Lipinski definition) is 0. The summed E-state index contributed by atoms with van der Waals surface area (Å²) in [5.41, 5.74) is -0.478. The molecule has 0 unspecified atom stereocenters. The van der Waals surface area contributed by atoms with Crippen molar-refractivity contribution in [3.05, 3.63) is 84.0 Å². The molecule has 2 aromatic carbocycles. The highest BCUT2D eigenvalue weighted by Gasteiger charge is 2.37. The van der Waals surface area contributed by atoms with Gasteiger partial charge in [0, 0.05) is 12.2 Å². The predicted molar refractivity (Wildman–Crippen MR) is 128 cm³/mol. The Balaban J connectivity index is 0.000000916. The smallest absolute Gasteiger partial charge is 0.418 e. The molecule has 0 saturated heterocycles. The Morgan fingerprint density at radius 1 is 0.529 bits per heavy atom. The Labute approximate surface area is 194 Å². The van der Waals surface area contributed by atoms with E-state index in [-0.39, 0.29) is 11.1 Å². The van der Waals surface area contributed by atoms with Gasteiger partial charge in [0.25, 0.3) is 0 Å². The van der Waals surface area contributed by atoms with Gasteiger partial charge >= 0.3 is 14.5 Å². The van der Waals surface area contributed by atoms with Crippen molar-refractivity contribution in [2.45, 2.75) is 0 Å². The van der Waals surface area contributed by atoms with E-state index in [1.165, 1.54) is 12.2 Å². The van der Waals surface area contributed by atoms with Crippen LogP contribution in [-0.4, -0.2) is 41.2 Å². The summed E-state index contributed by atoms with van der Waals surface area (Å²) in [6.45, 7) is 7.66. The van der Waals surface area contributed by atoms with E-state index < -0.39 is 29.0 Å². The highest BCUT2D eigenvalue weighted by molar-refractivity contribution is 7.85. The average molecular weight is 538 g/mol. The van der Waals surface area contributed by atoms with Gasteiger partial charge in [-0.2, -0.15) is 8.78 Å². The summed E-state index contributed by atoms with van der Waals surface area (Å²) in [5.74, 6) is 0. The minimum atomic E-state index is -6.00. The SMILES string of the molecule is C[P+](C)(/C(F)=C/C=C(\F)[P+](C)(C)c1ccccc1)c1ccccc1.F[B-](F)(F)F.F[B-](F)(F)F. The molecule has 0 aliphatic rings. The number of rotatable bonds is 5. The Hall–Kier alpha value is -1.79. The predicted octanol–water partition coefficient (Wildman–Crippen LogP) is 8.41. The first-order valence-electron chi connectivity index (χ1n) is 9.54. The van der Waals surface area contributed by atoms with Crippen LogP contribution < -0.4 is 10.6 Å². The van der Waals surface area contributed by atoms with Crippen molar-refractivity contribution in [1.29, 1.82) is 0 Å². The van der Waals surface area contributed by atoms with Gasteiger partial charge in [0.15, 0.2) is 0 Å². The number of halogens is 10. The molecule has 34 heavy (non-hydrogen) atoms. The zero-order valence-electron chi connectivity index (χ0n) is 18.8. The molecule has 0 aliphatic heterocycles. The van der Waals surface area contributed by atoms with E-state index in [1.54, 1.807) is 0 Å². The normalized spacial score (nSPS) is 13.4. The minimum absolute atomic E-state index is 0.239. The molecule has 0 atom stereocenters. The molecule has 0 saturated carbocycles. The summed E-state index contributed by atoms with van der Waals surface area (Å²) >= 11 is 0. The molecule has 0 N–H and O–H groups in total. The number of allylic oxidation sites excluding steroid dienone is 2. The second kappa shape index (κ2) is 13.3. The first-order valence-corrected chi connectivity index (χ1v) is 14.9. The molecule has 2 rings (SSSR count). The summed E-state index contributed by atoms with van der Waals surface area (Å²) in [6.07, 6.45) is 2.64. The lowest BCUT2D eigenvalue weighted by atomic mass is 10.3. The Kier molecular flexibility index (Phi) is 12.6. The summed E-state index contributed by atoms with van der Waals surface area (Å²) in [4.78, 5) is 0. The van der Waals surface area contributed by atoms with E-state index in [9.17, 15) is 43.3 Å².